The Morgan fingerprint density at radius 2 is 2.16 bits per heavy atom. The summed E-state index contributed by atoms with van der Waals surface area (Å²) >= 11 is 0. The Hall–Kier alpha value is -3.38. The molecule has 0 aliphatic heterocycles. The molecule has 1 unspecified atom stereocenters. The van der Waals surface area contributed by atoms with E-state index < -0.39 is 17.4 Å². The van der Waals surface area contributed by atoms with Crippen molar-refractivity contribution in [2.24, 2.45) is 0 Å². The molecular formula is C19H17FN4O. The lowest BCUT2D eigenvalue weighted by Gasteiger charge is -2.24. The predicted octanol–water partition coefficient (Wildman–Crippen LogP) is 3.37. The molecule has 2 aromatic rings. The molecule has 0 aliphatic carbocycles. The zero-order valence-corrected chi connectivity index (χ0v) is 13.9. The first kappa shape index (κ1) is 18.0. The SMILES string of the molecule is C#CC(C)(CC)NC(=O)c1ccc(F)nc1Nc1cccc(C#N)c1. The lowest BCUT2D eigenvalue weighted by atomic mass is 9.99. The van der Waals surface area contributed by atoms with E-state index in [0.29, 0.717) is 17.7 Å². The molecule has 2 rings (SSSR count). The first-order chi connectivity index (χ1) is 11.9. The van der Waals surface area contributed by atoms with Gasteiger partial charge in [0.1, 0.15) is 5.82 Å². The molecule has 1 aromatic carbocycles. The van der Waals surface area contributed by atoms with Crippen molar-refractivity contribution < 1.29 is 9.18 Å². The normalized spacial score (nSPS) is 12.4. The smallest absolute Gasteiger partial charge is 0.256 e. The first-order valence-electron chi connectivity index (χ1n) is 7.65. The molecule has 0 saturated carbocycles. The van der Waals surface area contributed by atoms with E-state index in [1.807, 2.05) is 13.0 Å². The minimum absolute atomic E-state index is 0.0445. The molecule has 0 fully saturated rings. The van der Waals surface area contributed by atoms with Gasteiger partial charge in [-0.05, 0) is 43.7 Å². The molecule has 1 amide bonds. The van der Waals surface area contributed by atoms with Gasteiger partial charge in [-0.3, -0.25) is 4.79 Å². The number of terminal acetylenes is 1. The fourth-order valence-electron chi connectivity index (χ4n) is 2.06. The first-order valence-corrected chi connectivity index (χ1v) is 7.65. The van der Waals surface area contributed by atoms with E-state index in [4.69, 9.17) is 11.7 Å². The molecule has 2 N–H and O–H groups in total. The second-order valence-corrected chi connectivity index (χ2v) is 5.63. The summed E-state index contributed by atoms with van der Waals surface area (Å²) in [6.45, 7) is 3.58. The van der Waals surface area contributed by atoms with Crippen LogP contribution in [0.15, 0.2) is 36.4 Å². The highest BCUT2D eigenvalue weighted by molar-refractivity contribution is 6.00. The van der Waals surface area contributed by atoms with Gasteiger partial charge in [0.25, 0.3) is 5.91 Å². The number of carbonyl (C=O) groups is 1. The van der Waals surface area contributed by atoms with Crippen LogP contribution in [0.2, 0.25) is 0 Å². The zero-order valence-electron chi connectivity index (χ0n) is 13.9. The van der Waals surface area contributed by atoms with Crippen LogP contribution in [0.5, 0.6) is 0 Å². The molecule has 0 saturated heterocycles. The number of hydrogen-bond donors (Lipinski definition) is 2. The number of benzene rings is 1. The van der Waals surface area contributed by atoms with Gasteiger partial charge in [-0.1, -0.05) is 18.9 Å². The van der Waals surface area contributed by atoms with E-state index >= 15 is 0 Å². The lowest BCUT2D eigenvalue weighted by Crippen LogP contribution is -2.44. The maximum Gasteiger partial charge on any atom is 0.256 e. The summed E-state index contributed by atoms with van der Waals surface area (Å²) in [5.74, 6) is 1.39. The van der Waals surface area contributed by atoms with Crippen LogP contribution in [0.1, 0.15) is 36.2 Å². The highest BCUT2D eigenvalue weighted by Gasteiger charge is 2.24. The van der Waals surface area contributed by atoms with Crippen LogP contribution in [-0.4, -0.2) is 16.4 Å². The van der Waals surface area contributed by atoms with Crippen LogP contribution in [0.4, 0.5) is 15.9 Å². The van der Waals surface area contributed by atoms with E-state index in [-0.39, 0.29) is 11.4 Å². The minimum atomic E-state index is -0.816. The van der Waals surface area contributed by atoms with Crippen LogP contribution >= 0.6 is 0 Å². The van der Waals surface area contributed by atoms with Crippen LogP contribution in [-0.2, 0) is 0 Å². The fourth-order valence-corrected chi connectivity index (χ4v) is 2.06. The Bertz CT molecular complexity index is 882. The number of hydrogen-bond acceptors (Lipinski definition) is 4. The number of pyridine rings is 1. The molecule has 0 bridgehead atoms. The topological polar surface area (TPSA) is 77.8 Å². The average Bonchev–Trinajstić information content (AvgIpc) is 2.61. The molecule has 1 aromatic heterocycles. The van der Waals surface area contributed by atoms with E-state index in [1.165, 1.54) is 6.07 Å². The molecule has 0 radical (unpaired) electrons. The molecule has 0 spiro atoms. The van der Waals surface area contributed by atoms with Crippen molar-refractivity contribution in [1.29, 1.82) is 5.26 Å². The highest BCUT2D eigenvalue weighted by atomic mass is 19.1. The maximum atomic E-state index is 13.6. The quantitative estimate of drug-likeness (QED) is 0.648. The molecule has 1 atom stereocenters. The number of carbonyl (C=O) groups excluding carboxylic acids is 1. The van der Waals surface area contributed by atoms with E-state index in [9.17, 15) is 9.18 Å². The largest absolute Gasteiger partial charge is 0.339 e. The Balaban J connectivity index is 2.36. The number of halogens is 1. The third kappa shape index (κ3) is 4.33. The highest BCUT2D eigenvalue weighted by Crippen LogP contribution is 2.21. The fraction of sp³-hybridized carbons (Fsp3) is 0.211. The van der Waals surface area contributed by atoms with Gasteiger partial charge in [0, 0.05) is 5.69 Å². The summed E-state index contributed by atoms with van der Waals surface area (Å²) in [4.78, 5) is 16.3. The van der Waals surface area contributed by atoms with Crippen molar-refractivity contribution >= 4 is 17.4 Å². The molecule has 5 nitrogen and oxygen atoms in total. The number of nitriles is 1. The van der Waals surface area contributed by atoms with Crippen molar-refractivity contribution in [3.05, 3.63) is 53.5 Å². The van der Waals surface area contributed by atoms with Gasteiger partial charge in [0.2, 0.25) is 5.95 Å². The third-order valence-electron chi connectivity index (χ3n) is 3.78. The number of anilines is 2. The molecule has 6 heteroatoms. The maximum absolute atomic E-state index is 13.6. The van der Waals surface area contributed by atoms with Crippen molar-refractivity contribution in [1.82, 2.24) is 10.3 Å². The predicted molar refractivity (Wildman–Crippen MR) is 93.6 cm³/mol. The Kier molecular flexibility index (Phi) is 5.36. The number of nitrogens with one attached hydrogen (secondary N) is 2. The number of nitrogens with zero attached hydrogens (tertiary/aromatic N) is 2. The minimum Gasteiger partial charge on any atom is -0.339 e. The number of aromatic nitrogens is 1. The Morgan fingerprint density at radius 1 is 1.40 bits per heavy atom. The number of rotatable bonds is 5. The van der Waals surface area contributed by atoms with Gasteiger partial charge in [-0.25, -0.2) is 4.98 Å². The summed E-state index contributed by atoms with van der Waals surface area (Å²) in [5.41, 5.74) is 0.280. The summed E-state index contributed by atoms with van der Waals surface area (Å²) < 4.78 is 13.6. The summed E-state index contributed by atoms with van der Waals surface area (Å²) in [6.07, 6.45) is 6.01. The van der Waals surface area contributed by atoms with Crippen LogP contribution in [0.25, 0.3) is 0 Å². The van der Waals surface area contributed by atoms with Gasteiger partial charge < -0.3 is 10.6 Å². The van der Waals surface area contributed by atoms with Crippen molar-refractivity contribution in [3.8, 4) is 18.4 Å². The Labute approximate surface area is 145 Å². The van der Waals surface area contributed by atoms with Crippen LogP contribution < -0.4 is 10.6 Å². The van der Waals surface area contributed by atoms with Gasteiger partial charge in [-0.2, -0.15) is 9.65 Å². The van der Waals surface area contributed by atoms with E-state index in [1.54, 1.807) is 31.2 Å². The monoisotopic (exact) mass is 336 g/mol. The van der Waals surface area contributed by atoms with Crippen molar-refractivity contribution in [3.63, 3.8) is 0 Å². The molecule has 0 aliphatic rings. The lowest BCUT2D eigenvalue weighted by molar-refractivity contribution is 0.0924. The van der Waals surface area contributed by atoms with Crippen molar-refractivity contribution in [2.75, 3.05) is 5.32 Å². The summed E-state index contributed by atoms with van der Waals surface area (Å²) in [5, 5.41) is 14.6. The van der Waals surface area contributed by atoms with Crippen LogP contribution in [0.3, 0.4) is 0 Å². The van der Waals surface area contributed by atoms with Gasteiger partial charge in [0.15, 0.2) is 0 Å². The van der Waals surface area contributed by atoms with Gasteiger partial charge in [0.05, 0.1) is 22.7 Å². The zero-order chi connectivity index (χ0) is 18.4. The second-order valence-electron chi connectivity index (χ2n) is 5.63. The standard InChI is InChI=1S/C19H17FN4O/c1-4-19(3,5-2)24-18(25)15-9-10-16(20)23-17(15)22-14-8-6-7-13(11-14)12-21/h1,6-11H,5H2,2-3H3,(H,22,23)(H,24,25). The van der Waals surface area contributed by atoms with Gasteiger partial charge in [-0.15, -0.1) is 6.42 Å². The number of amides is 1. The molecule has 25 heavy (non-hydrogen) atoms. The Morgan fingerprint density at radius 3 is 2.80 bits per heavy atom. The van der Waals surface area contributed by atoms with E-state index in [0.717, 1.165) is 6.07 Å². The third-order valence-corrected chi connectivity index (χ3v) is 3.78. The molecule has 126 valence electrons. The molecular weight excluding hydrogens is 319 g/mol. The van der Waals surface area contributed by atoms with Crippen LogP contribution in [0, 0.1) is 29.6 Å². The van der Waals surface area contributed by atoms with E-state index in [2.05, 4.69) is 21.5 Å². The van der Waals surface area contributed by atoms with Gasteiger partial charge >= 0.3 is 0 Å². The second kappa shape index (κ2) is 7.46. The summed E-state index contributed by atoms with van der Waals surface area (Å²) in [7, 11) is 0. The van der Waals surface area contributed by atoms with Crippen molar-refractivity contribution in [2.45, 2.75) is 25.8 Å². The molecule has 1 heterocycles. The summed E-state index contributed by atoms with van der Waals surface area (Å²) in [6, 6.07) is 11.0. The average molecular weight is 336 g/mol.